The fraction of sp³-hybridized carbons (Fsp3) is 0.200. The van der Waals surface area contributed by atoms with Crippen LogP contribution in [0, 0.1) is 6.92 Å². The van der Waals surface area contributed by atoms with E-state index in [-0.39, 0.29) is 18.2 Å². The topological polar surface area (TPSA) is 106 Å². The average Bonchev–Trinajstić information content (AvgIpc) is 3.09. The summed E-state index contributed by atoms with van der Waals surface area (Å²) in [5.74, 6) is -0.812. The van der Waals surface area contributed by atoms with E-state index in [1.165, 1.54) is 0 Å². The van der Waals surface area contributed by atoms with Gasteiger partial charge in [0.25, 0.3) is 5.91 Å². The van der Waals surface area contributed by atoms with Crippen molar-refractivity contribution in [3.8, 4) is 17.2 Å². The maximum absolute atomic E-state index is 12.9. The van der Waals surface area contributed by atoms with Crippen molar-refractivity contribution in [3.05, 3.63) is 65.8 Å². The van der Waals surface area contributed by atoms with Crippen molar-refractivity contribution in [2.45, 2.75) is 13.5 Å². The summed E-state index contributed by atoms with van der Waals surface area (Å²) in [6.45, 7) is 1.20. The second kappa shape index (κ2) is 8.34. The molecular weight excluding hydrogens is 362 g/mol. The van der Waals surface area contributed by atoms with Crippen LogP contribution in [0.25, 0.3) is 11.5 Å². The molecule has 144 valence electrons. The van der Waals surface area contributed by atoms with Crippen molar-refractivity contribution in [2.75, 3.05) is 13.7 Å². The zero-order valence-electron chi connectivity index (χ0n) is 15.5. The number of nitrogens with zero attached hydrogens (tertiary/aromatic N) is 3. The third-order valence-electron chi connectivity index (χ3n) is 4.00. The van der Waals surface area contributed by atoms with Crippen LogP contribution in [-0.2, 0) is 11.3 Å². The highest BCUT2D eigenvalue weighted by atomic mass is 16.5. The molecule has 0 saturated heterocycles. The number of ether oxygens (including phenoxy) is 1. The number of carbonyl (C=O) groups excluding carboxylic acids is 1. The molecule has 2 aromatic heterocycles. The second-order valence-corrected chi connectivity index (χ2v) is 6.04. The van der Waals surface area contributed by atoms with Crippen LogP contribution in [0.5, 0.6) is 5.75 Å². The van der Waals surface area contributed by atoms with Gasteiger partial charge in [0.2, 0.25) is 11.7 Å². The minimum absolute atomic E-state index is 0.00463. The first kappa shape index (κ1) is 19.1. The van der Waals surface area contributed by atoms with Gasteiger partial charge in [0.1, 0.15) is 12.3 Å². The fourth-order valence-corrected chi connectivity index (χ4v) is 2.67. The van der Waals surface area contributed by atoms with E-state index in [0.29, 0.717) is 22.7 Å². The van der Waals surface area contributed by atoms with Crippen molar-refractivity contribution in [1.82, 2.24) is 14.9 Å². The SMILES string of the molecule is COc1cccc(-c2nc(C)c(C(=O)N(CC(=O)O)Cc3ccccn3)o2)c1. The highest BCUT2D eigenvalue weighted by molar-refractivity contribution is 5.94. The number of hydrogen-bond acceptors (Lipinski definition) is 6. The van der Waals surface area contributed by atoms with Gasteiger partial charge in [-0.2, -0.15) is 0 Å². The van der Waals surface area contributed by atoms with Gasteiger partial charge in [-0.05, 0) is 37.3 Å². The van der Waals surface area contributed by atoms with Crippen LogP contribution in [0.4, 0.5) is 0 Å². The van der Waals surface area contributed by atoms with E-state index in [9.17, 15) is 14.7 Å². The van der Waals surface area contributed by atoms with Gasteiger partial charge in [0.05, 0.1) is 25.0 Å². The molecule has 3 rings (SSSR count). The second-order valence-electron chi connectivity index (χ2n) is 6.04. The van der Waals surface area contributed by atoms with Crippen molar-refractivity contribution < 1.29 is 23.8 Å². The number of amides is 1. The van der Waals surface area contributed by atoms with Crippen molar-refractivity contribution in [1.29, 1.82) is 0 Å². The fourth-order valence-electron chi connectivity index (χ4n) is 2.67. The number of carboxylic acids is 1. The molecular formula is C20H19N3O5. The first-order valence-electron chi connectivity index (χ1n) is 8.50. The summed E-state index contributed by atoms with van der Waals surface area (Å²) in [6.07, 6.45) is 1.58. The minimum atomic E-state index is -1.13. The first-order valence-corrected chi connectivity index (χ1v) is 8.50. The molecule has 0 atom stereocenters. The molecule has 1 amide bonds. The van der Waals surface area contributed by atoms with Gasteiger partial charge in [-0.3, -0.25) is 14.6 Å². The third-order valence-corrected chi connectivity index (χ3v) is 4.00. The number of aryl methyl sites for hydroxylation is 1. The highest BCUT2D eigenvalue weighted by Gasteiger charge is 2.26. The van der Waals surface area contributed by atoms with E-state index in [1.54, 1.807) is 62.7 Å². The normalized spacial score (nSPS) is 10.5. The molecule has 0 aliphatic heterocycles. The number of rotatable bonds is 7. The number of aliphatic carboxylic acids is 1. The standard InChI is InChI=1S/C20H19N3O5/c1-13-18(28-19(22-13)14-6-5-8-16(10-14)27-2)20(26)23(12-17(24)25)11-15-7-3-4-9-21-15/h3-10H,11-12H2,1-2H3,(H,24,25). The summed E-state index contributed by atoms with van der Waals surface area (Å²) in [4.78, 5) is 33.8. The Bertz CT molecular complexity index is 985. The lowest BCUT2D eigenvalue weighted by Crippen LogP contribution is -2.35. The molecule has 0 aliphatic carbocycles. The Morgan fingerprint density at radius 1 is 1.21 bits per heavy atom. The van der Waals surface area contributed by atoms with Gasteiger partial charge < -0.3 is 19.2 Å². The van der Waals surface area contributed by atoms with Crippen LogP contribution in [-0.4, -0.2) is 45.5 Å². The zero-order valence-corrected chi connectivity index (χ0v) is 15.5. The summed E-state index contributed by atoms with van der Waals surface area (Å²) in [5.41, 5.74) is 1.59. The molecule has 0 unspecified atom stereocenters. The maximum atomic E-state index is 12.9. The molecule has 28 heavy (non-hydrogen) atoms. The van der Waals surface area contributed by atoms with Gasteiger partial charge in [0.15, 0.2) is 0 Å². The van der Waals surface area contributed by atoms with Crippen molar-refractivity contribution >= 4 is 11.9 Å². The molecule has 0 spiro atoms. The van der Waals surface area contributed by atoms with E-state index < -0.39 is 18.4 Å². The molecule has 8 nitrogen and oxygen atoms in total. The van der Waals surface area contributed by atoms with Crippen LogP contribution < -0.4 is 4.74 Å². The maximum Gasteiger partial charge on any atom is 0.323 e. The van der Waals surface area contributed by atoms with Gasteiger partial charge in [-0.25, -0.2) is 4.98 Å². The predicted octanol–water partition coefficient (Wildman–Crippen LogP) is 2.78. The number of benzene rings is 1. The molecule has 0 fully saturated rings. The largest absolute Gasteiger partial charge is 0.497 e. The Morgan fingerprint density at radius 3 is 2.71 bits per heavy atom. The summed E-state index contributed by atoms with van der Waals surface area (Å²) < 4.78 is 10.9. The number of carbonyl (C=O) groups is 2. The Kier molecular flexibility index (Phi) is 5.69. The Morgan fingerprint density at radius 2 is 2.04 bits per heavy atom. The minimum Gasteiger partial charge on any atom is -0.497 e. The smallest absolute Gasteiger partial charge is 0.323 e. The molecule has 0 aliphatic rings. The number of hydrogen-bond donors (Lipinski definition) is 1. The van der Waals surface area contributed by atoms with Crippen molar-refractivity contribution in [3.63, 3.8) is 0 Å². The van der Waals surface area contributed by atoms with E-state index in [1.807, 2.05) is 0 Å². The zero-order chi connectivity index (χ0) is 20.1. The molecule has 0 saturated carbocycles. The third kappa shape index (κ3) is 4.35. The van der Waals surface area contributed by atoms with Gasteiger partial charge in [-0.15, -0.1) is 0 Å². The lowest BCUT2D eigenvalue weighted by atomic mass is 10.2. The molecule has 1 aromatic carbocycles. The van der Waals surface area contributed by atoms with E-state index in [4.69, 9.17) is 9.15 Å². The molecule has 0 bridgehead atoms. The van der Waals surface area contributed by atoms with E-state index >= 15 is 0 Å². The Hall–Kier alpha value is -3.68. The number of aromatic nitrogens is 2. The lowest BCUT2D eigenvalue weighted by molar-refractivity contribution is -0.137. The average molecular weight is 381 g/mol. The van der Waals surface area contributed by atoms with Gasteiger partial charge >= 0.3 is 5.97 Å². The Labute approximate surface area is 161 Å². The number of methoxy groups -OCH3 is 1. The van der Waals surface area contributed by atoms with Crippen LogP contribution in [0.2, 0.25) is 0 Å². The highest BCUT2D eigenvalue weighted by Crippen LogP contribution is 2.26. The lowest BCUT2D eigenvalue weighted by Gasteiger charge is -2.19. The van der Waals surface area contributed by atoms with E-state index in [0.717, 1.165) is 4.90 Å². The number of carboxylic acid groups (broad SMARTS) is 1. The molecule has 8 heteroatoms. The summed E-state index contributed by atoms with van der Waals surface area (Å²) in [6, 6.07) is 12.3. The molecule has 3 aromatic rings. The van der Waals surface area contributed by atoms with E-state index in [2.05, 4.69) is 9.97 Å². The summed E-state index contributed by atoms with van der Waals surface area (Å²) in [7, 11) is 1.55. The van der Waals surface area contributed by atoms with Crippen LogP contribution >= 0.6 is 0 Å². The van der Waals surface area contributed by atoms with Crippen LogP contribution in [0.1, 0.15) is 21.9 Å². The first-order chi connectivity index (χ1) is 13.5. The van der Waals surface area contributed by atoms with Crippen LogP contribution in [0.15, 0.2) is 53.1 Å². The van der Waals surface area contributed by atoms with Gasteiger partial charge in [0, 0.05) is 11.8 Å². The molecule has 0 radical (unpaired) electrons. The Balaban J connectivity index is 1.90. The summed E-state index contributed by atoms with van der Waals surface area (Å²) in [5, 5.41) is 9.19. The predicted molar refractivity (Wildman–Crippen MR) is 99.8 cm³/mol. The number of pyridine rings is 1. The van der Waals surface area contributed by atoms with Gasteiger partial charge in [-0.1, -0.05) is 12.1 Å². The number of oxazole rings is 1. The summed E-state index contributed by atoms with van der Waals surface area (Å²) >= 11 is 0. The molecule has 1 N–H and O–H groups in total. The monoisotopic (exact) mass is 381 g/mol. The quantitative estimate of drug-likeness (QED) is 0.671. The molecule has 2 heterocycles. The van der Waals surface area contributed by atoms with Crippen LogP contribution in [0.3, 0.4) is 0 Å². The van der Waals surface area contributed by atoms with Crippen molar-refractivity contribution in [2.24, 2.45) is 0 Å².